The van der Waals surface area contributed by atoms with Crippen LogP contribution in [0.1, 0.15) is 43.9 Å². The first-order valence-electron chi connectivity index (χ1n) is 5.99. The van der Waals surface area contributed by atoms with E-state index in [4.69, 9.17) is 4.74 Å². The molecule has 0 saturated carbocycles. The Labute approximate surface area is 107 Å². The Morgan fingerprint density at radius 3 is 2.44 bits per heavy atom. The van der Waals surface area contributed by atoms with Crippen LogP contribution in [0.2, 0.25) is 0 Å². The maximum absolute atomic E-state index is 6.09. The number of ether oxygens (including phenoxy) is 1. The summed E-state index contributed by atoms with van der Waals surface area (Å²) in [5.41, 5.74) is 2.56. The molecule has 0 aliphatic carbocycles. The fraction of sp³-hybridized carbons (Fsp3) is 0.571. The summed E-state index contributed by atoms with van der Waals surface area (Å²) in [5, 5.41) is 0.854. The van der Waals surface area contributed by atoms with E-state index in [1.54, 1.807) is 0 Å². The predicted octanol–water partition coefficient (Wildman–Crippen LogP) is 4.64. The molecule has 2 heteroatoms. The Kier molecular flexibility index (Phi) is 6.07. The Balaban J connectivity index is 2.74. The lowest BCUT2D eigenvalue weighted by Gasteiger charge is -2.22. The zero-order valence-electron chi connectivity index (χ0n) is 10.4. The third kappa shape index (κ3) is 3.91. The van der Waals surface area contributed by atoms with Crippen LogP contribution in [0.3, 0.4) is 0 Å². The molecular weight excluding hydrogens is 264 g/mol. The van der Waals surface area contributed by atoms with Gasteiger partial charge >= 0.3 is 0 Å². The molecule has 0 fully saturated rings. The fourth-order valence-electron chi connectivity index (χ4n) is 1.79. The molecule has 16 heavy (non-hydrogen) atoms. The summed E-state index contributed by atoms with van der Waals surface area (Å²) in [6.07, 6.45) is 2.69. The van der Waals surface area contributed by atoms with Crippen LogP contribution in [-0.4, -0.2) is 11.4 Å². The third-order valence-electron chi connectivity index (χ3n) is 2.82. The highest BCUT2D eigenvalue weighted by atomic mass is 79.9. The van der Waals surface area contributed by atoms with Crippen molar-refractivity contribution in [3.05, 3.63) is 35.4 Å². The van der Waals surface area contributed by atoms with Gasteiger partial charge in [0.2, 0.25) is 0 Å². The van der Waals surface area contributed by atoms with Gasteiger partial charge in [0.15, 0.2) is 0 Å². The van der Waals surface area contributed by atoms with Gasteiger partial charge in [0.25, 0.3) is 0 Å². The van der Waals surface area contributed by atoms with Crippen molar-refractivity contribution in [2.75, 3.05) is 5.33 Å². The fourth-order valence-corrected chi connectivity index (χ4v) is 2.31. The van der Waals surface area contributed by atoms with Gasteiger partial charge in [-0.25, -0.2) is 0 Å². The zero-order chi connectivity index (χ0) is 12.0. The van der Waals surface area contributed by atoms with E-state index < -0.39 is 0 Å². The molecule has 0 aliphatic heterocycles. The molecule has 1 nitrogen and oxygen atoms in total. The standard InChI is InChI=1S/C14H21BrO/c1-4-13(5-2)16-14(10-15)12-8-6-7-11(3)9-12/h6-9,13-14H,4-5,10H2,1-3H3. The summed E-state index contributed by atoms with van der Waals surface area (Å²) in [5.74, 6) is 0. The van der Waals surface area contributed by atoms with Crippen LogP contribution < -0.4 is 0 Å². The highest BCUT2D eigenvalue weighted by Gasteiger charge is 2.15. The minimum Gasteiger partial charge on any atom is -0.369 e. The van der Waals surface area contributed by atoms with Crippen LogP contribution in [0, 0.1) is 6.92 Å². The maximum Gasteiger partial charge on any atom is 0.0925 e. The highest BCUT2D eigenvalue weighted by molar-refractivity contribution is 9.09. The molecule has 1 rings (SSSR count). The average molecular weight is 285 g/mol. The number of alkyl halides is 1. The second kappa shape index (κ2) is 7.08. The molecular formula is C14H21BrO. The average Bonchev–Trinajstić information content (AvgIpc) is 2.31. The normalized spacial score (nSPS) is 13.1. The van der Waals surface area contributed by atoms with Gasteiger partial charge < -0.3 is 4.74 Å². The quantitative estimate of drug-likeness (QED) is 0.692. The molecule has 0 bridgehead atoms. The summed E-state index contributed by atoms with van der Waals surface area (Å²) in [6, 6.07) is 8.55. The zero-order valence-corrected chi connectivity index (χ0v) is 12.0. The summed E-state index contributed by atoms with van der Waals surface area (Å²) in [6.45, 7) is 6.47. The minimum absolute atomic E-state index is 0.171. The number of rotatable bonds is 6. The van der Waals surface area contributed by atoms with Crippen LogP contribution in [0.5, 0.6) is 0 Å². The Hall–Kier alpha value is -0.340. The molecule has 0 N–H and O–H groups in total. The van der Waals surface area contributed by atoms with E-state index >= 15 is 0 Å². The van der Waals surface area contributed by atoms with Crippen LogP contribution in [0.25, 0.3) is 0 Å². The lowest BCUT2D eigenvalue weighted by molar-refractivity contribution is -0.00395. The van der Waals surface area contributed by atoms with Crippen molar-refractivity contribution in [3.63, 3.8) is 0 Å². The van der Waals surface area contributed by atoms with Crippen LogP contribution >= 0.6 is 15.9 Å². The van der Waals surface area contributed by atoms with E-state index in [1.165, 1.54) is 11.1 Å². The van der Waals surface area contributed by atoms with Crippen molar-refractivity contribution in [2.45, 2.75) is 45.8 Å². The molecule has 1 aromatic rings. The van der Waals surface area contributed by atoms with E-state index in [0.717, 1.165) is 18.2 Å². The molecule has 0 heterocycles. The number of aryl methyl sites for hydroxylation is 1. The van der Waals surface area contributed by atoms with E-state index in [-0.39, 0.29) is 6.10 Å². The molecule has 1 atom stereocenters. The molecule has 0 radical (unpaired) electrons. The third-order valence-corrected chi connectivity index (χ3v) is 3.41. The first-order chi connectivity index (χ1) is 7.71. The molecule has 1 unspecified atom stereocenters. The Morgan fingerprint density at radius 1 is 1.25 bits per heavy atom. The Morgan fingerprint density at radius 2 is 1.94 bits per heavy atom. The Bertz CT molecular complexity index is 307. The number of hydrogen-bond acceptors (Lipinski definition) is 1. The van der Waals surface area contributed by atoms with Crippen LogP contribution in [-0.2, 0) is 4.74 Å². The van der Waals surface area contributed by atoms with Gasteiger partial charge in [-0.2, -0.15) is 0 Å². The van der Waals surface area contributed by atoms with Gasteiger partial charge in [-0.3, -0.25) is 0 Å². The van der Waals surface area contributed by atoms with Crippen molar-refractivity contribution < 1.29 is 4.74 Å². The number of benzene rings is 1. The topological polar surface area (TPSA) is 9.23 Å². The smallest absolute Gasteiger partial charge is 0.0925 e. The lowest BCUT2D eigenvalue weighted by atomic mass is 10.1. The second-order valence-corrected chi connectivity index (χ2v) is 4.78. The molecule has 90 valence electrons. The van der Waals surface area contributed by atoms with Crippen LogP contribution in [0.4, 0.5) is 0 Å². The summed E-state index contributed by atoms with van der Waals surface area (Å²) < 4.78 is 6.09. The maximum atomic E-state index is 6.09. The van der Waals surface area contributed by atoms with Crippen molar-refractivity contribution >= 4 is 15.9 Å². The molecule has 0 spiro atoms. The molecule has 0 aliphatic rings. The van der Waals surface area contributed by atoms with E-state index in [0.29, 0.717) is 6.10 Å². The molecule has 0 saturated heterocycles. The SMILES string of the molecule is CCC(CC)OC(CBr)c1cccc(C)c1. The minimum atomic E-state index is 0.171. The first-order valence-corrected chi connectivity index (χ1v) is 7.11. The van der Waals surface area contributed by atoms with Crippen molar-refractivity contribution in [1.82, 2.24) is 0 Å². The second-order valence-electron chi connectivity index (χ2n) is 4.13. The van der Waals surface area contributed by atoms with Gasteiger partial charge in [-0.1, -0.05) is 59.6 Å². The number of hydrogen-bond donors (Lipinski definition) is 0. The van der Waals surface area contributed by atoms with Crippen molar-refractivity contribution in [1.29, 1.82) is 0 Å². The summed E-state index contributed by atoms with van der Waals surface area (Å²) >= 11 is 3.54. The summed E-state index contributed by atoms with van der Waals surface area (Å²) in [4.78, 5) is 0. The highest BCUT2D eigenvalue weighted by Crippen LogP contribution is 2.24. The van der Waals surface area contributed by atoms with Gasteiger partial charge in [0.05, 0.1) is 12.2 Å². The molecule has 0 amide bonds. The molecule has 1 aromatic carbocycles. The lowest BCUT2D eigenvalue weighted by Crippen LogP contribution is -2.16. The van der Waals surface area contributed by atoms with E-state index in [9.17, 15) is 0 Å². The summed E-state index contributed by atoms with van der Waals surface area (Å²) in [7, 11) is 0. The van der Waals surface area contributed by atoms with Gasteiger partial charge in [-0.15, -0.1) is 0 Å². The van der Waals surface area contributed by atoms with Crippen molar-refractivity contribution in [3.8, 4) is 0 Å². The molecule has 0 aromatic heterocycles. The number of halogens is 1. The predicted molar refractivity (Wildman–Crippen MR) is 73.2 cm³/mol. The monoisotopic (exact) mass is 284 g/mol. The van der Waals surface area contributed by atoms with Gasteiger partial charge in [0.1, 0.15) is 0 Å². The van der Waals surface area contributed by atoms with E-state index in [1.807, 2.05) is 0 Å². The van der Waals surface area contributed by atoms with Gasteiger partial charge in [-0.05, 0) is 25.3 Å². The van der Waals surface area contributed by atoms with Crippen LogP contribution in [0.15, 0.2) is 24.3 Å². The van der Waals surface area contributed by atoms with E-state index in [2.05, 4.69) is 61.0 Å². The van der Waals surface area contributed by atoms with Gasteiger partial charge in [0, 0.05) is 5.33 Å². The van der Waals surface area contributed by atoms with Crippen molar-refractivity contribution in [2.24, 2.45) is 0 Å². The largest absolute Gasteiger partial charge is 0.369 e. The first kappa shape index (κ1) is 13.7.